The van der Waals surface area contributed by atoms with Crippen LogP contribution in [0.1, 0.15) is 23.2 Å². The van der Waals surface area contributed by atoms with E-state index in [0.717, 1.165) is 11.1 Å². The lowest BCUT2D eigenvalue weighted by Crippen LogP contribution is -2.20. The Morgan fingerprint density at radius 3 is 2.40 bits per heavy atom. The fourth-order valence-corrected chi connectivity index (χ4v) is 3.12. The third-order valence-corrected chi connectivity index (χ3v) is 4.78. The molecule has 0 saturated heterocycles. The van der Waals surface area contributed by atoms with Crippen LogP contribution in [0.5, 0.6) is 11.5 Å². The van der Waals surface area contributed by atoms with Gasteiger partial charge in [-0.25, -0.2) is 4.98 Å². The number of carbonyl (C=O) groups is 1. The lowest BCUT2D eigenvalue weighted by atomic mass is 10.1. The number of aromatic nitrogens is 3. The zero-order chi connectivity index (χ0) is 21.7. The Morgan fingerprint density at radius 1 is 1.10 bits per heavy atom. The van der Waals surface area contributed by atoms with E-state index in [2.05, 4.69) is 20.3 Å². The van der Waals surface area contributed by atoms with E-state index in [1.54, 1.807) is 50.7 Å². The van der Waals surface area contributed by atoms with Gasteiger partial charge in [0.05, 0.1) is 14.2 Å². The van der Waals surface area contributed by atoms with E-state index in [1.165, 1.54) is 7.11 Å². The standard InChI is InChI=1S/C22H24N4O4/c1-13-11-18(29-3)19(30-4)12-17(13)25-20(27)6-5-16-14(2)24-21(26-22(16)28)15-7-9-23-10-8-15/h7-12H,5-6H2,1-4H3,(H,25,27)(H,24,26,28). The molecule has 30 heavy (non-hydrogen) atoms. The van der Waals surface area contributed by atoms with Gasteiger partial charge in [0.25, 0.3) is 5.56 Å². The number of H-pyrrole nitrogens is 1. The number of nitrogens with one attached hydrogen (secondary N) is 2. The van der Waals surface area contributed by atoms with Gasteiger partial charge in [0.15, 0.2) is 11.5 Å². The molecule has 0 aliphatic heterocycles. The number of ether oxygens (including phenoxy) is 2. The van der Waals surface area contributed by atoms with Gasteiger partial charge in [0.1, 0.15) is 5.82 Å². The first-order valence-electron chi connectivity index (χ1n) is 9.45. The van der Waals surface area contributed by atoms with Crippen LogP contribution < -0.4 is 20.3 Å². The van der Waals surface area contributed by atoms with Crippen molar-refractivity contribution < 1.29 is 14.3 Å². The number of benzene rings is 1. The molecule has 0 aliphatic carbocycles. The maximum absolute atomic E-state index is 12.5. The molecule has 8 nitrogen and oxygen atoms in total. The molecule has 0 unspecified atom stereocenters. The van der Waals surface area contributed by atoms with Gasteiger partial charge in [-0.05, 0) is 44.0 Å². The second-order valence-corrected chi connectivity index (χ2v) is 6.78. The molecule has 2 heterocycles. The third-order valence-electron chi connectivity index (χ3n) is 4.78. The van der Waals surface area contributed by atoms with Crippen molar-refractivity contribution in [1.82, 2.24) is 15.0 Å². The number of hydrogen-bond acceptors (Lipinski definition) is 6. The van der Waals surface area contributed by atoms with Crippen LogP contribution in [0.4, 0.5) is 5.69 Å². The summed E-state index contributed by atoms with van der Waals surface area (Å²) in [4.78, 5) is 36.2. The van der Waals surface area contributed by atoms with Crippen LogP contribution in [-0.4, -0.2) is 35.1 Å². The second kappa shape index (κ2) is 9.21. The minimum absolute atomic E-state index is 0.147. The van der Waals surface area contributed by atoms with Crippen LogP contribution in [0.3, 0.4) is 0 Å². The van der Waals surface area contributed by atoms with Crippen molar-refractivity contribution in [1.29, 1.82) is 0 Å². The topological polar surface area (TPSA) is 106 Å². The normalized spacial score (nSPS) is 10.5. The highest BCUT2D eigenvalue weighted by Crippen LogP contribution is 2.33. The lowest BCUT2D eigenvalue weighted by molar-refractivity contribution is -0.116. The lowest BCUT2D eigenvalue weighted by Gasteiger charge is -2.14. The highest BCUT2D eigenvalue weighted by molar-refractivity contribution is 5.92. The van der Waals surface area contributed by atoms with Gasteiger partial charge >= 0.3 is 0 Å². The molecular weight excluding hydrogens is 384 g/mol. The van der Waals surface area contributed by atoms with Crippen LogP contribution in [0.2, 0.25) is 0 Å². The number of carbonyl (C=O) groups excluding carboxylic acids is 1. The first kappa shape index (κ1) is 21.0. The van der Waals surface area contributed by atoms with Gasteiger partial charge in [-0.3, -0.25) is 14.6 Å². The molecule has 0 spiro atoms. The summed E-state index contributed by atoms with van der Waals surface area (Å²) in [5, 5.41) is 2.87. The van der Waals surface area contributed by atoms with E-state index in [9.17, 15) is 9.59 Å². The predicted octanol–water partition coefficient (Wildman–Crippen LogP) is 3.04. The maximum Gasteiger partial charge on any atom is 0.254 e. The van der Waals surface area contributed by atoms with Gasteiger partial charge in [0, 0.05) is 47.4 Å². The molecule has 0 atom stereocenters. The van der Waals surface area contributed by atoms with Gasteiger partial charge in [0.2, 0.25) is 5.91 Å². The number of amides is 1. The third kappa shape index (κ3) is 4.65. The van der Waals surface area contributed by atoms with Crippen molar-refractivity contribution in [3.8, 4) is 22.9 Å². The van der Waals surface area contributed by atoms with Crippen LogP contribution in [0.15, 0.2) is 41.5 Å². The van der Waals surface area contributed by atoms with E-state index in [1.807, 2.05) is 6.92 Å². The van der Waals surface area contributed by atoms with Crippen molar-refractivity contribution in [3.63, 3.8) is 0 Å². The van der Waals surface area contributed by atoms with Crippen molar-refractivity contribution in [2.75, 3.05) is 19.5 Å². The maximum atomic E-state index is 12.5. The minimum atomic E-state index is -0.246. The van der Waals surface area contributed by atoms with Gasteiger partial charge in [-0.1, -0.05) is 0 Å². The molecule has 8 heteroatoms. The number of hydrogen-bond donors (Lipinski definition) is 2. The predicted molar refractivity (Wildman–Crippen MR) is 114 cm³/mol. The van der Waals surface area contributed by atoms with E-state index < -0.39 is 0 Å². The van der Waals surface area contributed by atoms with Crippen LogP contribution in [0, 0.1) is 13.8 Å². The summed E-state index contributed by atoms with van der Waals surface area (Å²) < 4.78 is 10.6. The van der Waals surface area contributed by atoms with Gasteiger partial charge in [-0.2, -0.15) is 0 Å². The Bertz CT molecular complexity index is 1110. The highest BCUT2D eigenvalue weighted by Gasteiger charge is 2.14. The molecule has 0 saturated carbocycles. The summed E-state index contributed by atoms with van der Waals surface area (Å²) in [6.45, 7) is 3.64. The van der Waals surface area contributed by atoms with Crippen molar-refractivity contribution in [2.24, 2.45) is 0 Å². The Balaban J connectivity index is 1.72. The molecule has 0 radical (unpaired) electrons. The highest BCUT2D eigenvalue weighted by atomic mass is 16.5. The molecule has 1 aromatic carbocycles. The van der Waals surface area contributed by atoms with Crippen LogP contribution in [-0.2, 0) is 11.2 Å². The zero-order valence-corrected chi connectivity index (χ0v) is 17.4. The van der Waals surface area contributed by atoms with Gasteiger partial charge < -0.3 is 19.8 Å². The fraction of sp³-hybridized carbons (Fsp3) is 0.273. The summed E-state index contributed by atoms with van der Waals surface area (Å²) >= 11 is 0. The second-order valence-electron chi connectivity index (χ2n) is 6.78. The zero-order valence-electron chi connectivity index (χ0n) is 17.4. The molecule has 0 fully saturated rings. The van der Waals surface area contributed by atoms with E-state index in [-0.39, 0.29) is 24.3 Å². The van der Waals surface area contributed by atoms with Crippen molar-refractivity contribution in [3.05, 3.63) is 63.8 Å². The quantitative estimate of drug-likeness (QED) is 0.622. The number of methoxy groups -OCH3 is 2. The van der Waals surface area contributed by atoms with Crippen molar-refractivity contribution >= 4 is 11.6 Å². The number of rotatable bonds is 7. The average Bonchev–Trinajstić information content (AvgIpc) is 2.74. The molecule has 1 amide bonds. The SMILES string of the molecule is COc1cc(C)c(NC(=O)CCc2c(C)nc(-c3ccncc3)[nH]c2=O)cc1OC. The largest absolute Gasteiger partial charge is 0.493 e. The molecular formula is C22H24N4O4. The fourth-order valence-electron chi connectivity index (χ4n) is 3.12. The molecule has 2 N–H and O–H groups in total. The molecule has 3 rings (SSSR count). The molecule has 2 aromatic heterocycles. The Morgan fingerprint density at radius 2 is 1.77 bits per heavy atom. The Kier molecular flexibility index (Phi) is 6.46. The molecule has 0 aliphatic rings. The summed E-state index contributed by atoms with van der Waals surface area (Å²) in [6, 6.07) is 7.06. The van der Waals surface area contributed by atoms with Gasteiger partial charge in [-0.15, -0.1) is 0 Å². The monoisotopic (exact) mass is 408 g/mol. The summed E-state index contributed by atoms with van der Waals surface area (Å²) in [5.74, 6) is 1.40. The average molecular weight is 408 g/mol. The number of nitrogens with zero attached hydrogens (tertiary/aromatic N) is 2. The van der Waals surface area contributed by atoms with Crippen LogP contribution in [0.25, 0.3) is 11.4 Å². The number of aryl methyl sites for hydroxylation is 2. The Hall–Kier alpha value is -3.68. The molecule has 156 valence electrons. The number of pyridine rings is 1. The van der Waals surface area contributed by atoms with E-state index in [0.29, 0.717) is 34.3 Å². The van der Waals surface area contributed by atoms with E-state index >= 15 is 0 Å². The summed E-state index contributed by atoms with van der Waals surface area (Å²) in [7, 11) is 3.10. The van der Waals surface area contributed by atoms with E-state index in [4.69, 9.17) is 9.47 Å². The van der Waals surface area contributed by atoms with Crippen molar-refractivity contribution in [2.45, 2.75) is 26.7 Å². The first-order chi connectivity index (χ1) is 14.4. The smallest absolute Gasteiger partial charge is 0.254 e. The first-order valence-corrected chi connectivity index (χ1v) is 9.45. The number of anilines is 1. The molecule has 3 aromatic rings. The molecule has 0 bridgehead atoms. The number of aromatic amines is 1. The van der Waals surface area contributed by atoms with Crippen LogP contribution >= 0.6 is 0 Å². The summed E-state index contributed by atoms with van der Waals surface area (Å²) in [5.41, 5.74) is 3.10. The summed E-state index contributed by atoms with van der Waals surface area (Å²) in [6.07, 6.45) is 3.70. The Labute approximate surface area is 174 Å². The minimum Gasteiger partial charge on any atom is -0.493 e.